The summed E-state index contributed by atoms with van der Waals surface area (Å²) < 4.78 is 35.3. The van der Waals surface area contributed by atoms with Gasteiger partial charge in [0, 0.05) is 94.1 Å². The number of hydrogen-bond acceptors (Lipinski definition) is 6. The van der Waals surface area contributed by atoms with Crippen molar-refractivity contribution in [3.63, 3.8) is 0 Å². The highest BCUT2D eigenvalue weighted by molar-refractivity contribution is 5.98. The van der Waals surface area contributed by atoms with Crippen LogP contribution in [0.1, 0.15) is 62.9 Å². The number of rotatable bonds is 6. The van der Waals surface area contributed by atoms with Crippen molar-refractivity contribution in [3.8, 4) is 11.5 Å². The lowest BCUT2D eigenvalue weighted by atomic mass is 9.75. The second kappa shape index (κ2) is 13.2. The Morgan fingerprint density at radius 2 is 1.56 bits per heavy atom. The molecule has 2 unspecified atom stereocenters. The Hall–Kier alpha value is -4.63. The minimum Gasteiger partial charge on any atom is -0.508 e. The summed E-state index contributed by atoms with van der Waals surface area (Å²) in [6.45, 7) is 9.24. The van der Waals surface area contributed by atoms with E-state index in [-0.39, 0.29) is 35.1 Å². The average molecular weight is 679 g/mol. The fraction of sp³-hybridized carbons (Fsp3) is 0.390. The van der Waals surface area contributed by atoms with Gasteiger partial charge in [-0.05, 0) is 84.3 Å². The molecular formula is C41H44F2N4O3. The standard InChI is InChI=1S/C41H44F2N4O3/c1-26-19-29(5-10-36(26)42)35-25-50-39-21-32(48)8-9-33(39)40(35)28-3-6-31(7-4-28)46-13-11-27(12-14-46)23-45-15-17-47(18-16-45)38-20-30-24-44(2)41(49)34(30)22-37(38)43/h3-10,19-22,27,35,40,48H,11-18,23-25H2,1-2H3. The Kier molecular flexibility index (Phi) is 8.63. The zero-order chi connectivity index (χ0) is 34.5. The zero-order valence-corrected chi connectivity index (χ0v) is 28.7. The zero-order valence-electron chi connectivity index (χ0n) is 28.7. The number of carbonyl (C=O) groups excluding carboxylic acids is 1. The minimum absolute atomic E-state index is 0.00885. The number of phenols is 1. The summed E-state index contributed by atoms with van der Waals surface area (Å²) in [5, 5.41) is 10.1. The molecule has 2 saturated heterocycles. The molecule has 9 heteroatoms. The third-order valence-corrected chi connectivity index (χ3v) is 11.4. The van der Waals surface area contributed by atoms with Gasteiger partial charge in [0.15, 0.2) is 0 Å². The fourth-order valence-corrected chi connectivity index (χ4v) is 8.51. The normalized spacial score (nSPS) is 21.3. The van der Waals surface area contributed by atoms with Crippen LogP contribution in [-0.4, -0.2) is 80.3 Å². The molecule has 4 aliphatic rings. The Labute approximate surface area is 292 Å². The van der Waals surface area contributed by atoms with E-state index in [1.54, 1.807) is 37.1 Å². The quantitative estimate of drug-likeness (QED) is 0.239. The van der Waals surface area contributed by atoms with Gasteiger partial charge in [0.05, 0.1) is 12.3 Å². The summed E-state index contributed by atoms with van der Waals surface area (Å²) in [5.41, 5.74) is 7.11. The molecule has 0 aliphatic carbocycles. The summed E-state index contributed by atoms with van der Waals surface area (Å²) in [6, 6.07) is 22.9. The number of piperazine rings is 1. The number of halogens is 2. The Morgan fingerprint density at radius 3 is 2.30 bits per heavy atom. The van der Waals surface area contributed by atoms with E-state index in [1.165, 1.54) is 17.3 Å². The molecule has 1 N–H and O–H groups in total. The van der Waals surface area contributed by atoms with Gasteiger partial charge in [-0.25, -0.2) is 8.78 Å². The molecule has 0 aromatic heterocycles. The van der Waals surface area contributed by atoms with E-state index >= 15 is 4.39 Å². The van der Waals surface area contributed by atoms with E-state index in [0.717, 1.165) is 75.3 Å². The van der Waals surface area contributed by atoms with Crippen LogP contribution < -0.4 is 14.5 Å². The maximum atomic E-state index is 15.0. The second-order valence-corrected chi connectivity index (χ2v) is 14.6. The maximum absolute atomic E-state index is 15.0. The number of anilines is 2. The van der Waals surface area contributed by atoms with Crippen molar-refractivity contribution in [2.24, 2.45) is 5.92 Å². The summed E-state index contributed by atoms with van der Waals surface area (Å²) in [7, 11) is 1.76. The van der Waals surface area contributed by atoms with E-state index < -0.39 is 0 Å². The molecule has 7 nitrogen and oxygen atoms in total. The second-order valence-electron chi connectivity index (χ2n) is 14.6. The number of phenolic OH excluding ortho intramolecular Hbond substituents is 1. The summed E-state index contributed by atoms with van der Waals surface area (Å²) in [4.78, 5) is 21.1. The van der Waals surface area contributed by atoms with Crippen LogP contribution in [-0.2, 0) is 6.54 Å². The number of amides is 1. The molecule has 4 aromatic rings. The van der Waals surface area contributed by atoms with Crippen molar-refractivity contribution in [1.82, 2.24) is 9.80 Å². The minimum atomic E-state index is -0.304. The predicted octanol–water partition coefficient (Wildman–Crippen LogP) is 6.91. The van der Waals surface area contributed by atoms with Gasteiger partial charge in [0.25, 0.3) is 5.91 Å². The Balaban J connectivity index is 0.888. The smallest absolute Gasteiger partial charge is 0.254 e. The van der Waals surface area contributed by atoms with Crippen LogP contribution >= 0.6 is 0 Å². The monoisotopic (exact) mass is 678 g/mol. The number of carbonyl (C=O) groups is 1. The number of hydrogen-bond donors (Lipinski definition) is 1. The number of aryl methyl sites for hydroxylation is 1. The summed E-state index contributed by atoms with van der Waals surface area (Å²) in [6.07, 6.45) is 2.26. The first kappa shape index (κ1) is 32.6. The first-order chi connectivity index (χ1) is 24.2. The largest absolute Gasteiger partial charge is 0.508 e. The molecule has 0 bridgehead atoms. The van der Waals surface area contributed by atoms with Crippen LogP contribution in [0.3, 0.4) is 0 Å². The Bertz CT molecular complexity index is 1900. The molecule has 0 saturated carbocycles. The molecule has 50 heavy (non-hydrogen) atoms. The van der Waals surface area contributed by atoms with E-state index in [4.69, 9.17) is 4.74 Å². The molecule has 260 valence electrons. The lowest BCUT2D eigenvalue weighted by Crippen LogP contribution is -2.49. The van der Waals surface area contributed by atoms with Crippen molar-refractivity contribution in [2.75, 3.05) is 69.3 Å². The van der Waals surface area contributed by atoms with E-state index in [9.17, 15) is 14.3 Å². The third-order valence-electron chi connectivity index (χ3n) is 11.4. The van der Waals surface area contributed by atoms with Gasteiger partial charge in [-0.2, -0.15) is 0 Å². The van der Waals surface area contributed by atoms with Crippen LogP contribution in [0.15, 0.2) is 72.8 Å². The van der Waals surface area contributed by atoms with Gasteiger partial charge >= 0.3 is 0 Å². The first-order valence-electron chi connectivity index (χ1n) is 17.8. The van der Waals surface area contributed by atoms with Gasteiger partial charge in [-0.1, -0.05) is 30.3 Å². The van der Waals surface area contributed by atoms with Gasteiger partial charge < -0.3 is 24.5 Å². The molecule has 0 spiro atoms. The lowest BCUT2D eigenvalue weighted by molar-refractivity contribution is 0.0816. The predicted molar refractivity (Wildman–Crippen MR) is 192 cm³/mol. The third kappa shape index (κ3) is 6.17. The summed E-state index contributed by atoms with van der Waals surface area (Å²) >= 11 is 0. The number of benzene rings is 4. The molecule has 8 rings (SSSR count). The van der Waals surface area contributed by atoms with Gasteiger partial charge in [0.1, 0.15) is 23.1 Å². The highest BCUT2D eigenvalue weighted by Gasteiger charge is 2.34. The van der Waals surface area contributed by atoms with Crippen LogP contribution in [0.4, 0.5) is 20.2 Å². The maximum Gasteiger partial charge on any atom is 0.254 e. The topological polar surface area (TPSA) is 59.5 Å². The number of aromatic hydroxyl groups is 1. The van der Waals surface area contributed by atoms with Gasteiger partial charge in [-0.3, -0.25) is 9.69 Å². The van der Waals surface area contributed by atoms with Crippen molar-refractivity contribution in [1.29, 1.82) is 0 Å². The molecule has 4 heterocycles. The van der Waals surface area contributed by atoms with Gasteiger partial charge in [-0.15, -0.1) is 0 Å². The van der Waals surface area contributed by atoms with Crippen molar-refractivity contribution < 1.29 is 23.4 Å². The van der Waals surface area contributed by atoms with Crippen LogP contribution in [0, 0.1) is 24.5 Å². The lowest BCUT2D eigenvalue weighted by Gasteiger charge is -2.40. The number of ether oxygens (including phenoxy) is 1. The fourth-order valence-electron chi connectivity index (χ4n) is 8.51. The highest BCUT2D eigenvalue weighted by Crippen LogP contribution is 2.47. The van der Waals surface area contributed by atoms with E-state index in [2.05, 4.69) is 39.0 Å². The van der Waals surface area contributed by atoms with Crippen LogP contribution in [0.25, 0.3) is 0 Å². The molecule has 0 radical (unpaired) electrons. The van der Waals surface area contributed by atoms with Gasteiger partial charge in [0.2, 0.25) is 0 Å². The highest BCUT2D eigenvalue weighted by atomic mass is 19.1. The average Bonchev–Trinajstić information content (AvgIpc) is 3.40. The Morgan fingerprint density at radius 1 is 0.820 bits per heavy atom. The number of piperidine rings is 1. The molecule has 2 atom stereocenters. The van der Waals surface area contributed by atoms with Crippen LogP contribution in [0.2, 0.25) is 0 Å². The summed E-state index contributed by atoms with van der Waals surface area (Å²) in [5.74, 6) is 0.904. The molecular weight excluding hydrogens is 634 g/mol. The molecule has 4 aliphatic heterocycles. The van der Waals surface area contributed by atoms with Crippen LogP contribution in [0.5, 0.6) is 11.5 Å². The molecule has 1 amide bonds. The van der Waals surface area contributed by atoms with Crippen molar-refractivity contribution >= 4 is 17.3 Å². The first-order valence-corrected chi connectivity index (χ1v) is 17.8. The SMILES string of the molecule is Cc1cc(C2COc3cc(O)ccc3C2c2ccc(N3CCC(CN4CCN(c5cc6c(cc5F)C(=O)N(C)C6)CC4)CC3)cc2)ccc1F. The number of fused-ring (bicyclic) bond motifs is 2. The van der Waals surface area contributed by atoms with Crippen molar-refractivity contribution in [2.45, 2.75) is 38.1 Å². The molecule has 4 aromatic carbocycles. The number of nitrogens with zero attached hydrogens (tertiary/aromatic N) is 4. The van der Waals surface area contributed by atoms with E-state index in [1.807, 2.05) is 24.3 Å². The van der Waals surface area contributed by atoms with E-state index in [0.29, 0.717) is 41.6 Å². The van der Waals surface area contributed by atoms with Crippen molar-refractivity contribution in [3.05, 3.63) is 118 Å². The molecule has 2 fully saturated rings.